The van der Waals surface area contributed by atoms with E-state index in [4.69, 9.17) is 4.74 Å². The number of rotatable bonds is 1. The zero-order valence-electron chi connectivity index (χ0n) is 10.1. The van der Waals surface area contributed by atoms with Gasteiger partial charge >= 0.3 is 0 Å². The molecular formula is C12H25NO. The van der Waals surface area contributed by atoms with Gasteiger partial charge in [0.1, 0.15) is 0 Å². The van der Waals surface area contributed by atoms with Crippen molar-refractivity contribution in [1.82, 2.24) is 4.90 Å². The predicted octanol–water partition coefficient (Wildman–Crippen LogP) is 2.67. The molecule has 2 nitrogen and oxygen atoms in total. The number of morpholine rings is 1. The molecule has 0 aromatic carbocycles. The summed E-state index contributed by atoms with van der Waals surface area (Å²) in [5.41, 5.74) is 0. The molecule has 0 spiro atoms. The number of hydrogen-bond donors (Lipinski definition) is 0. The second-order valence-electron chi connectivity index (χ2n) is 4.24. The van der Waals surface area contributed by atoms with Gasteiger partial charge in [0, 0.05) is 18.6 Å². The molecule has 0 aromatic rings. The first-order chi connectivity index (χ1) is 6.79. The van der Waals surface area contributed by atoms with Crippen LogP contribution in [0.25, 0.3) is 0 Å². The van der Waals surface area contributed by atoms with Crippen LogP contribution in [0.1, 0.15) is 47.0 Å². The van der Waals surface area contributed by atoms with E-state index in [1.807, 2.05) is 13.8 Å². The van der Waals surface area contributed by atoms with Gasteiger partial charge in [0.15, 0.2) is 0 Å². The fourth-order valence-corrected chi connectivity index (χ4v) is 2.60. The minimum atomic E-state index is 0.557. The van der Waals surface area contributed by atoms with Crippen LogP contribution < -0.4 is 0 Å². The second kappa shape index (κ2) is 5.72. The summed E-state index contributed by atoms with van der Waals surface area (Å²) in [5, 5.41) is 0. The van der Waals surface area contributed by atoms with Crippen LogP contribution in [-0.4, -0.2) is 36.2 Å². The standard InChI is InChI=1S/C10H19NO.C2H6/c1-8(2)11-6-7-12-10-5-3-4-9(10)11;1-2/h8-10H,3-7H2,1-2H3;1-2H3. The molecule has 1 aliphatic heterocycles. The second-order valence-corrected chi connectivity index (χ2v) is 4.24. The molecule has 2 fully saturated rings. The van der Waals surface area contributed by atoms with Crippen molar-refractivity contribution < 1.29 is 4.74 Å². The Bertz CT molecular complexity index is 158. The minimum absolute atomic E-state index is 0.557. The van der Waals surface area contributed by atoms with Gasteiger partial charge in [-0.1, -0.05) is 13.8 Å². The first-order valence-corrected chi connectivity index (χ1v) is 6.16. The Hall–Kier alpha value is -0.0800. The van der Waals surface area contributed by atoms with Crippen molar-refractivity contribution in [2.24, 2.45) is 0 Å². The Labute approximate surface area is 88.6 Å². The Morgan fingerprint density at radius 3 is 2.57 bits per heavy atom. The van der Waals surface area contributed by atoms with E-state index >= 15 is 0 Å². The van der Waals surface area contributed by atoms with E-state index in [1.165, 1.54) is 19.3 Å². The normalized spacial score (nSPS) is 32.4. The molecule has 14 heavy (non-hydrogen) atoms. The number of fused-ring (bicyclic) bond motifs is 1. The Morgan fingerprint density at radius 1 is 1.21 bits per heavy atom. The van der Waals surface area contributed by atoms with Crippen molar-refractivity contribution in [3.8, 4) is 0 Å². The zero-order valence-corrected chi connectivity index (χ0v) is 10.1. The summed E-state index contributed by atoms with van der Waals surface area (Å²) in [6, 6.07) is 1.43. The van der Waals surface area contributed by atoms with E-state index in [9.17, 15) is 0 Å². The lowest BCUT2D eigenvalue weighted by Crippen LogP contribution is -2.51. The largest absolute Gasteiger partial charge is 0.375 e. The highest BCUT2D eigenvalue weighted by Gasteiger charge is 2.36. The maximum absolute atomic E-state index is 5.74. The summed E-state index contributed by atoms with van der Waals surface area (Å²) in [5.74, 6) is 0. The fourth-order valence-electron chi connectivity index (χ4n) is 2.60. The van der Waals surface area contributed by atoms with Gasteiger partial charge in [0.2, 0.25) is 0 Å². The van der Waals surface area contributed by atoms with Crippen molar-refractivity contribution in [2.75, 3.05) is 13.2 Å². The van der Waals surface area contributed by atoms with Gasteiger partial charge in [0.05, 0.1) is 12.7 Å². The molecule has 0 bridgehead atoms. The van der Waals surface area contributed by atoms with Crippen LogP contribution in [0.3, 0.4) is 0 Å². The molecule has 0 radical (unpaired) electrons. The Morgan fingerprint density at radius 2 is 1.93 bits per heavy atom. The molecule has 0 aromatic heterocycles. The van der Waals surface area contributed by atoms with Gasteiger partial charge in [-0.25, -0.2) is 0 Å². The lowest BCUT2D eigenvalue weighted by Gasteiger charge is -2.40. The van der Waals surface area contributed by atoms with Crippen molar-refractivity contribution >= 4 is 0 Å². The van der Waals surface area contributed by atoms with Crippen LogP contribution in [-0.2, 0) is 4.74 Å². The SMILES string of the molecule is CC.CC(C)N1CCOC2CCCC21. The summed E-state index contributed by atoms with van der Waals surface area (Å²) in [7, 11) is 0. The van der Waals surface area contributed by atoms with Crippen LogP contribution in [0.4, 0.5) is 0 Å². The van der Waals surface area contributed by atoms with Gasteiger partial charge in [-0.2, -0.15) is 0 Å². The first-order valence-electron chi connectivity index (χ1n) is 6.16. The molecule has 2 aliphatic rings. The summed E-state index contributed by atoms with van der Waals surface area (Å²) in [6.07, 6.45) is 4.55. The number of ether oxygens (including phenoxy) is 1. The zero-order chi connectivity index (χ0) is 10.6. The highest BCUT2D eigenvalue weighted by Crippen LogP contribution is 2.30. The smallest absolute Gasteiger partial charge is 0.0731 e. The monoisotopic (exact) mass is 199 g/mol. The highest BCUT2D eigenvalue weighted by molar-refractivity contribution is 4.90. The topological polar surface area (TPSA) is 12.5 Å². The van der Waals surface area contributed by atoms with E-state index in [2.05, 4.69) is 18.7 Å². The third kappa shape index (κ3) is 2.48. The van der Waals surface area contributed by atoms with E-state index in [-0.39, 0.29) is 0 Å². The summed E-state index contributed by atoms with van der Waals surface area (Å²) < 4.78 is 5.74. The van der Waals surface area contributed by atoms with Crippen LogP contribution in [0.2, 0.25) is 0 Å². The van der Waals surface area contributed by atoms with Crippen molar-refractivity contribution in [2.45, 2.75) is 65.1 Å². The van der Waals surface area contributed by atoms with Gasteiger partial charge in [-0.05, 0) is 33.1 Å². The Balaban J connectivity index is 0.000000461. The van der Waals surface area contributed by atoms with Gasteiger partial charge in [0.25, 0.3) is 0 Å². The average molecular weight is 199 g/mol. The van der Waals surface area contributed by atoms with Crippen LogP contribution in [0.5, 0.6) is 0 Å². The molecule has 1 aliphatic carbocycles. The van der Waals surface area contributed by atoms with Crippen molar-refractivity contribution in [3.05, 3.63) is 0 Å². The molecule has 1 saturated heterocycles. The van der Waals surface area contributed by atoms with E-state index in [0.29, 0.717) is 12.1 Å². The molecular weight excluding hydrogens is 174 g/mol. The van der Waals surface area contributed by atoms with E-state index in [1.54, 1.807) is 0 Å². The van der Waals surface area contributed by atoms with Crippen LogP contribution in [0, 0.1) is 0 Å². The number of hydrogen-bond acceptors (Lipinski definition) is 2. The molecule has 2 rings (SSSR count). The lowest BCUT2D eigenvalue weighted by molar-refractivity contribution is -0.0666. The maximum Gasteiger partial charge on any atom is 0.0731 e. The first kappa shape index (κ1) is 12.0. The Kier molecular flexibility index (Phi) is 4.90. The summed E-state index contributed by atoms with van der Waals surface area (Å²) in [4.78, 5) is 2.61. The lowest BCUT2D eigenvalue weighted by atomic mass is 10.1. The minimum Gasteiger partial charge on any atom is -0.375 e. The molecule has 0 N–H and O–H groups in total. The summed E-state index contributed by atoms with van der Waals surface area (Å²) >= 11 is 0. The van der Waals surface area contributed by atoms with E-state index < -0.39 is 0 Å². The third-order valence-corrected chi connectivity index (χ3v) is 3.19. The average Bonchev–Trinajstić information content (AvgIpc) is 2.67. The maximum atomic E-state index is 5.74. The quantitative estimate of drug-likeness (QED) is 0.644. The fraction of sp³-hybridized carbons (Fsp3) is 1.00. The molecule has 1 saturated carbocycles. The molecule has 2 atom stereocenters. The third-order valence-electron chi connectivity index (χ3n) is 3.19. The van der Waals surface area contributed by atoms with Crippen molar-refractivity contribution in [3.63, 3.8) is 0 Å². The summed E-state index contributed by atoms with van der Waals surface area (Å²) in [6.45, 7) is 10.7. The molecule has 2 unspecified atom stereocenters. The van der Waals surface area contributed by atoms with Crippen LogP contribution >= 0.6 is 0 Å². The predicted molar refractivity (Wildman–Crippen MR) is 60.6 cm³/mol. The molecule has 84 valence electrons. The molecule has 2 heteroatoms. The van der Waals surface area contributed by atoms with Crippen LogP contribution in [0.15, 0.2) is 0 Å². The molecule has 0 amide bonds. The van der Waals surface area contributed by atoms with E-state index in [0.717, 1.165) is 19.2 Å². The van der Waals surface area contributed by atoms with Gasteiger partial charge < -0.3 is 4.74 Å². The van der Waals surface area contributed by atoms with Gasteiger partial charge in [-0.3, -0.25) is 4.90 Å². The van der Waals surface area contributed by atoms with Gasteiger partial charge in [-0.15, -0.1) is 0 Å². The number of nitrogens with zero attached hydrogens (tertiary/aromatic N) is 1. The molecule has 1 heterocycles. The highest BCUT2D eigenvalue weighted by atomic mass is 16.5. The van der Waals surface area contributed by atoms with Crippen molar-refractivity contribution in [1.29, 1.82) is 0 Å².